The molecule has 19 heavy (non-hydrogen) atoms. The lowest BCUT2D eigenvalue weighted by Crippen LogP contribution is -2.34. The fraction of sp³-hybridized carbons (Fsp3) is 0.385. The van der Waals surface area contributed by atoms with Gasteiger partial charge in [-0.05, 0) is 26.0 Å². The van der Waals surface area contributed by atoms with E-state index in [-0.39, 0.29) is 19.1 Å². The van der Waals surface area contributed by atoms with Gasteiger partial charge in [0.1, 0.15) is 17.2 Å². The first-order valence-corrected chi connectivity index (χ1v) is 6.12. The minimum absolute atomic E-state index is 0.107. The first kappa shape index (κ1) is 13.5. The summed E-state index contributed by atoms with van der Waals surface area (Å²) in [6, 6.07) is 2.84. The number of rotatable bonds is 4. The lowest BCUT2D eigenvalue weighted by Gasteiger charge is -2.19. The zero-order chi connectivity index (χ0) is 14.0. The van der Waals surface area contributed by atoms with E-state index in [9.17, 15) is 9.18 Å². The number of aliphatic hydroxyl groups is 1. The monoisotopic (exact) mass is 265 g/mol. The molecule has 0 fully saturated rings. The summed E-state index contributed by atoms with van der Waals surface area (Å²) >= 11 is 0. The molecule has 2 aromatic heterocycles. The molecule has 0 saturated heterocycles. The van der Waals surface area contributed by atoms with Crippen molar-refractivity contribution in [1.82, 2.24) is 14.3 Å². The molecule has 102 valence electrons. The maximum atomic E-state index is 13.3. The molecule has 0 atom stereocenters. The zero-order valence-electron chi connectivity index (χ0n) is 10.9. The number of hydrogen-bond donors (Lipinski definition) is 1. The smallest absolute Gasteiger partial charge is 0.272 e. The fourth-order valence-electron chi connectivity index (χ4n) is 2.07. The number of hydrogen-bond acceptors (Lipinski definition) is 3. The van der Waals surface area contributed by atoms with Crippen LogP contribution >= 0.6 is 0 Å². The van der Waals surface area contributed by atoms with Crippen molar-refractivity contribution in [2.75, 3.05) is 19.7 Å². The Bertz CT molecular complexity index is 609. The topological polar surface area (TPSA) is 57.8 Å². The Kier molecular flexibility index (Phi) is 3.80. The number of aromatic nitrogens is 2. The number of pyridine rings is 1. The van der Waals surface area contributed by atoms with Gasteiger partial charge in [-0.15, -0.1) is 0 Å². The number of halogens is 1. The number of imidazole rings is 1. The van der Waals surface area contributed by atoms with Crippen LogP contribution in [0.1, 0.15) is 23.1 Å². The Morgan fingerprint density at radius 2 is 2.26 bits per heavy atom. The van der Waals surface area contributed by atoms with Crippen LogP contribution in [-0.2, 0) is 0 Å². The molecule has 0 bridgehead atoms. The van der Waals surface area contributed by atoms with Gasteiger partial charge in [-0.3, -0.25) is 9.20 Å². The summed E-state index contributed by atoms with van der Waals surface area (Å²) in [6.07, 6.45) is 1.25. The summed E-state index contributed by atoms with van der Waals surface area (Å²) in [7, 11) is 0. The third-order valence-electron chi connectivity index (χ3n) is 3.00. The second-order valence-electron chi connectivity index (χ2n) is 4.23. The van der Waals surface area contributed by atoms with E-state index in [0.29, 0.717) is 23.6 Å². The van der Waals surface area contributed by atoms with Crippen LogP contribution in [-0.4, -0.2) is 45.0 Å². The van der Waals surface area contributed by atoms with Crippen molar-refractivity contribution in [2.24, 2.45) is 0 Å². The summed E-state index contributed by atoms with van der Waals surface area (Å²) < 4.78 is 14.8. The van der Waals surface area contributed by atoms with Crippen LogP contribution in [0, 0.1) is 12.7 Å². The number of nitrogens with zero attached hydrogens (tertiary/aromatic N) is 3. The van der Waals surface area contributed by atoms with Crippen LogP contribution in [0.3, 0.4) is 0 Å². The van der Waals surface area contributed by atoms with Crippen LogP contribution in [0.25, 0.3) is 5.65 Å². The van der Waals surface area contributed by atoms with Crippen LogP contribution in [0.15, 0.2) is 18.3 Å². The number of aliphatic hydroxyl groups excluding tert-OH is 1. The highest BCUT2D eigenvalue weighted by molar-refractivity contribution is 5.94. The maximum Gasteiger partial charge on any atom is 0.272 e. The Labute approximate surface area is 110 Å². The Hall–Kier alpha value is -1.95. The quantitative estimate of drug-likeness (QED) is 0.904. The van der Waals surface area contributed by atoms with Crippen LogP contribution in [0.2, 0.25) is 0 Å². The summed E-state index contributed by atoms with van der Waals surface area (Å²) in [5.41, 5.74) is 1.42. The van der Waals surface area contributed by atoms with E-state index in [4.69, 9.17) is 5.11 Å². The Balaban J connectivity index is 2.51. The molecule has 0 aromatic carbocycles. The summed E-state index contributed by atoms with van der Waals surface area (Å²) in [5, 5.41) is 8.96. The van der Waals surface area contributed by atoms with Crippen molar-refractivity contribution < 1.29 is 14.3 Å². The molecule has 2 aromatic rings. The molecular weight excluding hydrogens is 249 g/mol. The largest absolute Gasteiger partial charge is 0.395 e. The molecule has 0 radical (unpaired) electrons. The molecule has 0 saturated carbocycles. The molecule has 0 aliphatic rings. The second-order valence-corrected chi connectivity index (χ2v) is 4.23. The first-order chi connectivity index (χ1) is 9.08. The Morgan fingerprint density at radius 1 is 1.53 bits per heavy atom. The van der Waals surface area contributed by atoms with Gasteiger partial charge in [0.15, 0.2) is 0 Å². The SMILES string of the molecule is CCN(CCO)C(=O)c1c(C)nc2ccc(F)cn12. The van der Waals surface area contributed by atoms with Gasteiger partial charge in [0.05, 0.1) is 12.3 Å². The first-order valence-electron chi connectivity index (χ1n) is 6.12. The van der Waals surface area contributed by atoms with E-state index >= 15 is 0 Å². The van der Waals surface area contributed by atoms with E-state index in [1.54, 1.807) is 6.92 Å². The fourth-order valence-corrected chi connectivity index (χ4v) is 2.07. The Morgan fingerprint density at radius 3 is 2.89 bits per heavy atom. The van der Waals surface area contributed by atoms with Crippen molar-refractivity contribution >= 4 is 11.6 Å². The second kappa shape index (κ2) is 5.36. The summed E-state index contributed by atoms with van der Waals surface area (Å²) in [5.74, 6) is -0.684. The normalized spacial score (nSPS) is 10.9. The molecule has 0 spiro atoms. The maximum absolute atomic E-state index is 13.3. The van der Waals surface area contributed by atoms with Gasteiger partial charge >= 0.3 is 0 Å². The predicted octanol–water partition coefficient (Wildman–Crippen LogP) is 1.24. The standard InChI is InChI=1S/C13H16FN3O2/c1-3-16(6-7-18)13(19)12-9(2)15-11-5-4-10(14)8-17(11)12/h4-5,8,18H,3,6-7H2,1-2H3. The average molecular weight is 265 g/mol. The van der Waals surface area contributed by atoms with Crippen LogP contribution in [0.4, 0.5) is 4.39 Å². The molecule has 0 unspecified atom stereocenters. The average Bonchev–Trinajstić information content (AvgIpc) is 2.70. The molecule has 6 heteroatoms. The number of fused-ring (bicyclic) bond motifs is 1. The van der Waals surface area contributed by atoms with Crippen molar-refractivity contribution in [3.63, 3.8) is 0 Å². The van der Waals surface area contributed by atoms with Gasteiger partial charge < -0.3 is 10.0 Å². The van der Waals surface area contributed by atoms with E-state index < -0.39 is 5.82 Å². The molecule has 1 N–H and O–H groups in total. The molecule has 0 aliphatic heterocycles. The molecule has 2 heterocycles. The number of carbonyl (C=O) groups excluding carboxylic acids is 1. The molecule has 0 aliphatic carbocycles. The minimum atomic E-state index is -0.427. The number of aryl methyl sites for hydroxylation is 1. The van der Waals surface area contributed by atoms with Gasteiger partial charge in [-0.25, -0.2) is 9.37 Å². The van der Waals surface area contributed by atoms with Gasteiger partial charge in [0.2, 0.25) is 0 Å². The van der Waals surface area contributed by atoms with Gasteiger partial charge in [-0.2, -0.15) is 0 Å². The third-order valence-corrected chi connectivity index (χ3v) is 3.00. The predicted molar refractivity (Wildman–Crippen MR) is 68.6 cm³/mol. The van der Waals surface area contributed by atoms with Crippen molar-refractivity contribution in [3.8, 4) is 0 Å². The minimum Gasteiger partial charge on any atom is -0.395 e. The van der Waals surface area contributed by atoms with Gasteiger partial charge in [-0.1, -0.05) is 0 Å². The molecule has 1 amide bonds. The van der Waals surface area contributed by atoms with E-state index in [2.05, 4.69) is 4.98 Å². The summed E-state index contributed by atoms with van der Waals surface area (Å²) in [4.78, 5) is 18.1. The summed E-state index contributed by atoms with van der Waals surface area (Å²) in [6.45, 7) is 4.15. The van der Waals surface area contributed by atoms with Gasteiger partial charge in [0, 0.05) is 19.3 Å². The van der Waals surface area contributed by atoms with E-state index in [1.807, 2.05) is 6.92 Å². The van der Waals surface area contributed by atoms with Gasteiger partial charge in [0.25, 0.3) is 5.91 Å². The lowest BCUT2D eigenvalue weighted by molar-refractivity contribution is 0.0724. The highest BCUT2D eigenvalue weighted by Gasteiger charge is 2.21. The van der Waals surface area contributed by atoms with Crippen LogP contribution < -0.4 is 0 Å². The van der Waals surface area contributed by atoms with Crippen molar-refractivity contribution in [2.45, 2.75) is 13.8 Å². The molecule has 5 nitrogen and oxygen atoms in total. The molecule has 2 rings (SSSR count). The highest BCUT2D eigenvalue weighted by Crippen LogP contribution is 2.15. The zero-order valence-corrected chi connectivity index (χ0v) is 10.9. The van der Waals surface area contributed by atoms with Crippen molar-refractivity contribution in [1.29, 1.82) is 0 Å². The van der Waals surface area contributed by atoms with Crippen molar-refractivity contribution in [3.05, 3.63) is 35.5 Å². The number of amides is 1. The number of likely N-dealkylation sites (N-methyl/N-ethyl adjacent to an activating group) is 1. The van der Waals surface area contributed by atoms with Crippen LogP contribution in [0.5, 0.6) is 0 Å². The van der Waals surface area contributed by atoms with E-state index in [1.165, 1.54) is 27.6 Å². The molecular formula is C13H16FN3O2. The third kappa shape index (κ3) is 2.44. The van der Waals surface area contributed by atoms with E-state index in [0.717, 1.165) is 0 Å². The highest BCUT2D eigenvalue weighted by atomic mass is 19.1. The lowest BCUT2D eigenvalue weighted by atomic mass is 10.3. The number of carbonyl (C=O) groups is 1.